The molecule has 0 unspecified atom stereocenters. The Balaban J connectivity index is 2.38. The first-order chi connectivity index (χ1) is 12.8. The molecule has 13 heteroatoms. The van der Waals surface area contributed by atoms with Crippen LogP contribution in [0.25, 0.3) is 0 Å². The Kier molecular flexibility index (Phi) is 5.80. The Morgan fingerprint density at radius 3 is 2.39 bits per heavy atom. The van der Waals surface area contributed by atoms with Crippen molar-refractivity contribution in [3.05, 3.63) is 62.7 Å². The van der Waals surface area contributed by atoms with Gasteiger partial charge in [0.05, 0.1) is 15.5 Å². The third-order valence-corrected chi connectivity index (χ3v) is 3.51. The number of nitrogens with one attached hydrogen (secondary N) is 1. The van der Waals surface area contributed by atoms with E-state index < -0.39 is 38.7 Å². The van der Waals surface area contributed by atoms with Crippen LogP contribution in [0.5, 0.6) is 11.5 Å². The minimum atomic E-state index is -4.61. The van der Waals surface area contributed by atoms with Gasteiger partial charge in [0.15, 0.2) is 7.05 Å². The van der Waals surface area contributed by atoms with Crippen LogP contribution in [0.1, 0.15) is 15.9 Å². The fourth-order valence-corrected chi connectivity index (χ4v) is 2.28. The van der Waals surface area contributed by atoms with Crippen molar-refractivity contribution < 1.29 is 43.0 Å². The van der Waals surface area contributed by atoms with E-state index in [1.807, 2.05) is 0 Å². The van der Waals surface area contributed by atoms with Crippen LogP contribution in [-0.2, 0) is 6.18 Å². The molecule has 0 atom stereocenters. The highest BCUT2D eigenvalue weighted by Crippen LogP contribution is 2.37. The molecule has 0 radical (unpaired) electrons. The molecule has 0 aliphatic carbocycles. The number of nitro groups is 1. The SMILES string of the molecule is C[N+](O)(O)NC(=O)c1cc(Oc2ccc(C(F)(F)F)cc2Cl)ccc1[N+](=O)[O-]. The number of halogens is 4. The number of benzene rings is 2. The summed E-state index contributed by atoms with van der Waals surface area (Å²) in [6.07, 6.45) is -4.61. The second-order valence-corrected chi connectivity index (χ2v) is 5.94. The molecule has 2 aromatic carbocycles. The monoisotopic (exact) mass is 422 g/mol. The predicted octanol–water partition coefficient (Wildman–Crippen LogP) is 3.93. The summed E-state index contributed by atoms with van der Waals surface area (Å²) in [5, 5.41) is 29.0. The Morgan fingerprint density at radius 1 is 1.25 bits per heavy atom. The summed E-state index contributed by atoms with van der Waals surface area (Å²) in [4.78, 5) is 20.2. The van der Waals surface area contributed by atoms with E-state index in [4.69, 9.17) is 26.8 Å². The topological polar surface area (TPSA) is 122 Å². The standard InChI is InChI=1S/C15H11ClF3N3O6/c1-22(26,27)20-14(23)10-7-9(3-4-12(10)21(24)25)28-13-5-2-8(6-11(13)16)15(17,18)19/h2-7,26-27H,1H3/p+1. The quantitative estimate of drug-likeness (QED) is 0.381. The zero-order chi connectivity index (χ0) is 21.3. The van der Waals surface area contributed by atoms with Gasteiger partial charge in [0.1, 0.15) is 17.1 Å². The fourth-order valence-electron chi connectivity index (χ4n) is 2.06. The number of alkyl halides is 3. The number of rotatable bonds is 5. The van der Waals surface area contributed by atoms with Crippen LogP contribution in [-0.4, -0.2) is 33.2 Å². The lowest BCUT2D eigenvalue weighted by Gasteiger charge is -2.16. The minimum absolute atomic E-state index is 0.164. The normalized spacial score (nSPS) is 11.8. The lowest BCUT2D eigenvalue weighted by atomic mass is 10.1. The number of ether oxygens (including phenoxy) is 1. The van der Waals surface area contributed by atoms with Gasteiger partial charge in [0, 0.05) is 17.1 Å². The molecule has 0 spiro atoms. The van der Waals surface area contributed by atoms with Gasteiger partial charge in [-0.25, -0.2) is 0 Å². The molecule has 150 valence electrons. The van der Waals surface area contributed by atoms with E-state index in [1.54, 1.807) is 5.43 Å². The van der Waals surface area contributed by atoms with Crippen molar-refractivity contribution in [2.75, 3.05) is 7.05 Å². The van der Waals surface area contributed by atoms with E-state index in [0.29, 0.717) is 6.07 Å². The van der Waals surface area contributed by atoms with Crippen molar-refractivity contribution in [2.24, 2.45) is 0 Å². The first-order valence-electron chi connectivity index (χ1n) is 7.25. The van der Waals surface area contributed by atoms with E-state index in [-0.39, 0.29) is 16.5 Å². The molecule has 0 aromatic heterocycles. The summed E-state index contributed by atoms with van der Waals surface area (Å²) < 4.78 is 43.3. The van der Waals surface area contributed by atoms with Crippen molar-refractivity contribution in [2.45, 2.75) is 6.18 Å². The van der Waals surface area contributed by atoms with E-state index in [9.17, 15) is 28.1 Å². The summed E-state index contributed by atoms with van der Waals surface area (Å²) in [5.41, 5.74) is -0.602. The maximum Gasteiger partial charge on any atom is 0.416 e. The maximum absolute atomic E-state index is 12.7. The summed E-state index contributed by atoms with van der Waals surface area (Å²) in [7, 11) is 0.756. The molecule has 1 amide bonds. The minimum Gasteiger partial charge on any atom is -0.456 e. The summed E-state index contributed by atoms with van der Waals surface area (Å²) in [5.74, 6) is -1.58. The molecule has 0 fully saturated rings. The van der Waals surface area contributed by atoms with Crippen LogP contribution >= 0.6 is 11.6 Å². The van der Waals surface area contributed by atoms with Crippen LogP contribution in [0.4, 0.5) is 18.9 Å². The van der Waals surface area contributed by atoms with Crippen LogP contribution in [0.15, 0.2) is 36.4 Å². The number of carbonyl (C=O) groups excluding carboxylic acids is 1. The van der Waals surface area contributed by atoms with Gasteiger partial charge in [-0.1, -0.05) is 11.6 Å². The van der Waals surface area contributed by atoms with Crippen LogP contribution in [0.3, 0.4) is 0 Å². The van der Waals surface area contributed by atoms with Gasteiger partial charge in [-0.15, -0.1) is 5.43 Å². The van der Waals surface area contributed by atoms with Gasteiger partial charge in [-0.2, -0.15) is 23.6 Å². The summed E-state index contributed by atoms with van der Waals surface area (Å²) in [6.45, 7) is 0. The highest BCUT2D eigenvalue weighted by molar-refractivity contribution is 6.32. The zero-order valence-corrected chi connectivity index (χ0v) is 14.7. The molecule has 2 aromatic rings. The Hall–Kier alpha value is -2.93. The maximum atomic E-state index is 12.7. The van der Waals surface area contributed by atoms with E-state index >= 15 is 0 Å². The number of hydrogen-bond acceptors (Lipinski definition) is 6. The molecule has 28 heavy (non-hydrogen) atoms. The number of hydroxylamine groups is 2. The third kappa shape index (κ3) is 5.29. The van der Waals surface area contributed by atoms with E-state index in [1.165, 1.54) is 0 Å². The summed E-state index contributed by atoms with van der Waals surface area (Å²) >= 11 is 5.78. The second-order valence-electron chi connectivity index (χ2n) is 5.54. The summed E-state index contributed by atoms with van der Waals surface area (Å²) in [6, 6.07) is 5.20. The zero-order valence-electron chi connectivity index (χ0n) is 13.9. The van der Waals surface area contributed by atoms with Crippen molar-refractivity contribution in [3.8, 4) is 11.5 Å². The van der Waals surface area contributed by atoms with Gasteiger partial charge >= 0.3 is 12.1 Å². The Labute approximate surface area is 159 Å². The number of nitrogens with zero attached hydrogens (tertiary/aromatic N) is 2. The average molecular weight is 423 g/mol. The molecule has 0 heterocycles. The number of quaternary nitrogens is 1. The van der Waals surface area contributed by atoms with E-state index in [2.05, 4.69) is 0 Å². The molecule has 0 aliphatic rings. The van der Waals surface area contributed by atoms with E-state index in [0.717, 1.165) is 37.4 Å². The first-order valence-corrected chi connectivity index (χ1v) is 7.63. The molecule has 9 nitrogen and oxygen atoms in total. The average Bonchev–Trinajstić information content (AvgIpc) is 2.54. The molecule has 0 bridgehead atoms. The second kappa shape index (κ2) is 7.59. The van der Waals surface area contributed by atoms with Crippen LogP contribution in [0.2, 0.25) is 5.02 Å². The lowest BCUT2D eigenvalue weighted by molar-refractivity contribution is -1.26. The number of hydrogen-bond donors (Lipinski definition) is 3. The highest BCUT2D eigenvalue weighted by atomic mass is 35.5. The number of carbonyl (C=O) groups is 1. The molecular weight excluding hydrogens is 411 g/mol. The largest absolute Gasteiger partial charge is 0.456 e. The predicted molar refractivity (Wildman–Crippen MR) is 86.8 cm³/mol. The molecule has 0 aliphatic heterocycles. The first kappa shape index (κ1) is 21.4. The van der Waals surface area contributed by atoms with Gasteiger partial charge in [0.25, 0.3) is 5.69 Å². The molecule has 2 rings (SSSR count). The van der Waals surface area contributed by atoms with Crippen molar-refractivity contribution >= 4 is 23.2 Å². The van der Waals surface area contributed by atoms with Crippen LogP contribution in [0, 0.1) is 10.1 Å². The van der Waals surface area contributed by atoms with Gasteiger partial charge in [-0.05, 0) is 24.3 Å². The smallest absolute Gasteiger partial charge is 0.416 e. The number of amides is 1. The Morgan fingerprint density at radius 2 is 1.89 bits per heavy atom. The van der Waals surface area contributed by atoms with Crippen molar-refractivity contribution in [1.29, 1.82) is 0 Å². The van der Waals surface area contributed by atoms with Gasteiger partial charge < -0.3 is 4.74 Å². The molecule has 3 N–H and O–H groups in total. The van der Waals surface area contributed by atoms with Gasteiger partial charge in [-0.3, -0.25) is 14.9 Å². The van der Waals surface area contributed by atoms with Crippen LogP contribution < -0.4 is 10.2 Å². The molecule has 0 saturated carbocycles. The van der Waals surface area contributed by atoms with Crippen molar-refractivity contribution in [1.82, 2.24) is 5.43 Å². The fraction of sp³-hybridized carbons (Fsp3) is 0.133. The molecule has 0 saturated heterocycles. The van der Waals surface area contributed by atoms with Gasteiger partial charge in [0.2, 0.25) is 0 Å². The number of nitro benzene ring substituents is 1. The third-order valence-electron chi connectivity index (χ3n) is 3.21. The molecular formula is C15H12ClF3N3O6+. The van der Waals surface area contributed by atoms with Crippen molar-refractivity contribution in [3.63, 3.8) is 0 Å². The Bertz CT molecular complexity index is 930. The highest BCUT2D eigenvalue weighted by Gasteiger charge is 2.31. The lowest BCUT2D eigenvalue weighted by Crippen LogP contribution is -2.52.